The third-order valence-electron chi connectivity index (χ3n) is 6.09. The molecule has 5 rings (SSSR count). The number of hydrogen-bond donors (Lipinski definition) is 0. The molecule has 0 bridgehead atoms. The molecule has 9 heteroatoms. The highest BCUT2D eigenvalue weighted by Crippen LogP contribution is 2.33. The number of nitrogens with zero attached hydrogens (tertiary/aromatic N) is 4. The van der Waals surface area contributed by atoms with Gasteiger partial charge in [0.25, 0.3) is 11.8 Å². The molecule has 4 aromatic rings. The predicted octanol–water partition coefficient (Wildman–Crippen LogP) is 4.43. The Morgan fingerprint density at radius 3 is 2.23 bits per heavy atom. The van der Waals surface area contributed by atoms with Crippen LogP contribution in [0.15, 0.2) is 59.8 Å². The number of thioether (sulfide) groups is 1. The molecular weight excluding hydrogens is 464 g/mol. The van der Waals surface area contributed by atoms with Crippen LogP contribution in [0.3, 0.4) is 0 Å². The summed E-state index contributed by atoms with van der Waals surface area (Å²) in [5, 5.41) is 11.1. The largest absolute Gasteiger partial charge is 0.493 e. The summed E-state index contributed by atoms with van der Waals surface area (Å²) in [5.41, 5.74) is 2.03. The Bertz CT molecular complexity index is 1400. The van der Waals surface area contributed by atoms with E-state index in [9.17, 15) is 9.59 Å². The van der Waals surface area contributed by atoms with E-state index in [1.807, 2.05) is 54.1 Å². The van der Waals surface area contributed by atoms with Gasteiger partial charge in [-0.1, -0.05) is 36.0 Å². The topological polar surface area (TPSA) is 86.6 Å². The summed E-state index contributed by atoms with van der Waals surface area (Å²) in [7, 11) is 5.10. The maximum Gasteiger partial charge on any atom is 0.261 e. The second kappa shape index (κ2) is 9.42. The molecule has 0 N–H and O–H groups in total. The summed E-state index contributed by atoms with van der Waals surface area (Å²) >= 11 is 1.54. The van der Waals surface area contributed by atoms with E-state index >= 15 is 0 Å². The molecule has 3 aromatic carbocycles. The molecule has 2 amide bonds. The molecular formula is C26H24N4O4S. The number of aromatic nitrogens is 3. The first kappa shape index (κ1) is 22.9. The molecule has 1 aliphatic rings. The molecule has 0 aliphatic carbocycles. The summed E-state index contributed by atoms with van der Waals surface area (Å²) in [6.07, 6.45) is 0.638. The van der Waals surface area contributed by atoms with E-state index in [4.69, 9.17) is 9.47 Å². The van der Waals surface area contributed by atoms with Gasteiger partial charge >= 0.3 is 0 Å². The van der Waals surface area contributed by atoms with Gasteiger partial charge in [0, 0.05) is 41.4 Å². The van der Waals surface area contributed by atoms with Gasteiger partial charge in [0.2, 0.25) is 0 Å². The van der Waals surface area contributed by atoms with Gasteiger partial charge in [-0.15, -0.1) is 10.2 Å². The standard InChI is InChI=1S/C26H24N4O4S/c1-29-23(17-11-12-20(33-2)21(15-17)34-3)27-28-26(29)35-14-6-13-30-24(31)18-9-4-7-16-8-5-10-19(22(16)18)25(30)32/h4-5,7-12,15H,6,13-14H2,1-3H3. The number of rotatable bonds is 8. The maximum absolute atomic E-state index is 13.0. The minimum Gasteiger partial charge on any atom is -0.493 e. The highest BCUT2D eigenvalue weighted by Gasteiger charge is 2.32. The summed E-state index contributed by atoms with van der Waals surface area (Å²) in [4.78, 5) is 27.4. The number of hydrogen-bond acceptors (Lipinski definition) is 7. The maximum atomic E-state index is 13.0. The number of benzene rings is 3. The molecule has 2 heterocycles. The van der Waals surface area contributed by atoms with Gasteiger partial charge in [0.05, 0.1) is 14.2 Å². The number of methoxy groups -OCH3 is 2. The molecule has 8 nitrogen and oxygen atoms in total. The summed E-state index contributed by atoms with van der Waals surface area (Å²) in [5.74, 6) is 2.18. The molecule has 0 saturated carbocycles. The lowest BCUT2D eigenvalue weighted by molar-refractivity contribution is 0.0611. The van der Waals surface area contributed by atoms with E-state index in [1.54, 1.807) is 26.4 Å². The Morgan fingerprint density at radius 2 is 1.57 bits per heavy atom. The lowest BCUT2D eigenvalue weighted by atomic mass is 9.94. The minimum atomic E-state index is -0.237. The fraction of sp³-hybridized carbons (Fsp3) is 0.231. The minimum absolute atomic E-state index is 0.237. The molecule has 0 saturated heterocycles. The zero-order valence-electron chi connectivity index (χ0n) is 19.6. The van der Waals surface area contributed by atoms with Gasteiger partial charge in [-0.3, -0.25) is 14.5 Å². The van der Waals surface area contributed by atoms with Crippen LogP contribution < -0.4 is 9.47 Å². The van der Waals surface area contributed by atoms with Crippen LogP contribution in [0.25, 0.3) is 22.2 Å². The number of imide groups is 1. The Labute approximate surface area is 206 Å². The summed E-state index contributed by atoms with van der Waals surface area (Å²) < 4.78 is 12.6. The van der Waals surface area contributed by atoms with Crippen LogP contribution in [0.5, 0.6) is 11.5 Å². The predicted molar refractivity (Wildman–Crippen MR) is 134 cm³/mol. The van der Waals surface area contributed by atoms with Crippen molar-refractivity contribution in [2.45, 2.75) is 11.6 Å². The first-order valence-electron chi connectivity index (χ1n) is 11.2. The average Bonchev–Trinajstić information content (AvgIpc) is 3.26. The van der Waals surface area contributed by atoms with Gasteiger partial charge < -0.3 is 14.0 Å². The summed E-state index contributed by atoms with van der Waals surface area (Å²) in [6, 6.07) is 16.7. The Hall–Kier alpha value is -3.85. The molecule has 0 spiro atoms. The van der Waals surface area contributed by atoms with Crippen LogP contribution in [0.2, 0.25) is 0 Å². The zero-order chi connectivity index (χ0) is 24.5. The third kappa shape index (κ3) is 4.01. The van der Waals surface area contributed by atoms with Crippen molar-refractivity contribution in [1.29, 1.82) is 0 Å². The first-order chi connectivity index (χ1) is 17.0. The van der Waals surface area contributed by atoms with E-state index in [1.165, 1.54) is 16.7 Å². The number of carbonyl (C=O) groups excluding carboxylic acids is 2. The number of amides is 2. The molecule has 0 radical (unpaired) electrons. The van der Waals surface area contributed by atoms with Crippen molar-refractivity contribution >= 4 is 34.3 Å². The SMILES string of the molecule is COc1ccc(-c2nnc(SCCCN3C(=O)c4cccc5cccc(c45)C3=O)n2C)cc1OC. The summed E-state index contributed by atoms with van der Waals surface area (Å²) in [6.45, 7) is 0.343. The first-order valence-corrected chi connectivity index (χ1v) is 12.1. The van der Waals surface area contributed by atoms with Gasteiger partial charge in [-0.2, -0.15) is 0 Å². The monoisotopic (exact) mass is 488 g/mol. The van der Waals surface area contributed by atoms with E-state index in [2.05, 4.69) is 10.2 Å². The fourth-order valence-corrected chi connectivity index (χ4v) is 5.17. The molecule has 35 heavy (non-hydrogen) atoms. The molecule has 178 valence electrons. The molecule has 0 unspecified atom stereocenters. The van der Waals surface area contributed by atoms with E-state index in [0.29, 0.717) is 47.2 Å². The van der Waals surface area contributed by atoms with Crippen LogP contribution in [-0.4, -0.2) is 58.0 Å². The van der Waals surface area contributed by atoms with E-state index < -0.39 is 0 Å². The highest BCUT2D eigenvalue weighted by atomic mass is 32.2. The van der Waals surface area contributed by atoms with Crippen molar-refractivity contribution in [2.75, 3.05) is 26.5 Å². The average molecular weight is 489 g/mol. The Morgan fingerprint density at radius 1 is 0.886 bits per heavy atom. The lowest BCUT2D eigenvalue weighted by Crippen LogP contribution is -2.41. The molecule has 0 atom stereocenters. The Balaban J connectivity index is 1.25. The van der Waals surface area contributed by atoms with Gasteiger partial charge in [0.1, 0.15) is 0 Å². The fourth-order valence-electron chi connectivity index (χ4n) is 4.34. The smallest absolute Gasteiger partial charge is 0.261 e. The van der Waals surface area contributed by atoms with Crippen molar-refractivity contribution in [2.24, 2.45) is 7.05 Å². The highest BCUT2D eigenvalue weighted by molar-refractivity contribution is 7.99. The van der Waals surface area contributed by atoms with Crippen molar-refractivity contribution < 1.29 is 19.1 Å². The lowest BCUT2D eigenvalue weighted by Gasteiger charge is -2.27. The molecule has 0 fully saturated rings. The zero-order valence-corrected chi connectivity index (χ0v) is 20.5. The van der Waals surface area contributed by atoms with Crippen LogP contribution in [0.4, 0.5) is 0 Å². The van der Waals surface area contributed by atoms with Crippen molar-refractivity contribution in [3.05, 3.63) is 65.7 Å². The second-order valence-electron chi connectivity index (χ2n) is 8.11. The van der Waals surface area contributed by atoms with Crippen LogP contribution in [-0.2, 0) is 7.05 Å². The van der Waals surface area contributed by atoms with Crippen LogP contribution in [0, 0.1) is 0 Å². The molecule has 1 aromatic heterocycles. The van der Waals surface area contributed by atoms with Gasteiger partial charge in [0.15, 0.2) is 22.5 Å². The van der Waals surface area contributed by atoms with Crippen LogP contribution >= 0.6 is 11.8 Å². The second-order valence-corrected chi connectivity index (χ2v) is 9.17. The third-order valence-corrected chi connectivity index (χ3v) is 7.20. The number of ether oxygens (including phenoxy) is 2. The van der Waals surface area contributed by atoms with Crippen molar-refractivity contribution in [1.82, 2.24) is 19.7 Å². The normalized spacial score (nSPS) is 12.9. The van der Waals surface area contributed by atoms with Crippen LogP contribution in [0.1, 0.15) is 27.1 Å². The van der Waals surface area contributed by atoms with Gasteiger partial charge in [-0.05, 0) is 42.1 Å². The van der Waals surface area contributed by atoms with Crippen molar-refractivity contribution in [3.63, 3.8) is 0 Å². The van der Waals surface area contributed by atoms with Crippen molar-refractivity contribution in [3.8, 4) is 22.9 Å². The van der Waals surface area contributed by atoms with E-state index in [-0.39, 0.29) is 11.8 Å². The van der Waals surface area contributed by atoms with Gasteiger partial charge in [-0.25, -0.2) is 0 Å². The van der Waals surface area contributed by atoms with E-state index in [0.717, 1.165) is 21.5 Å². The number of carbonyl (C=O) groups is 2. The Kier molecular flexibility index (Phi) is 6.17. The molecule has 1 aliphatic heterocycles. The quantitative estimate of drug-likeness (QED) is 0.206.